The summed E-state index contributed by atoms with van der Waals surface area (Å²) in [4.78, 5) is 54.9. The Kier molecular flexibility index (Phi) is 15.0. The number of nitrogens with two attached hydrogens (primary N) is 4. The van der Waals surface area contributed by atoms with Crippen molar-refractivity contribution in [3.8, 4) is 5.75 Å². The minimum absolute atomic E-state index is 0.0247. The minimum Gasteiger partial charge on any atom is -0.508 e. The van der Waals surface area contributed by atoms with E-state index in [1.807, 2.05) is 0 Å². The number of hydrogen-bond donors (Lipinski definition) is 9. The summed E-state index contributed by atoms with van der Waals surface area (Å²) in [6.45, 7) is 4.13. The Bertz CT molecular complexity index is 997. The molecule has 14 heteroatoms. The van der Waals surface area contributed by atoms with Crippen LogP contribution in [-0.4, -0.2) is 77.1 Å². The van der Waals surface area contributed by atoms with Gasteiger partial charge in [-0.3, -0.25) is 19.4 Å². The van der Waals surface area contributed by atoms with Crippen LogP contribution >= 0.6 is 0 Å². The number of phenolic OH excluding ortho intramolecular Hbond substituents is 1. The molecule has 4 unspecified atom stereocenters. The first-order valence-electron chi connectivity index (χ1n) is 13.3. The quantitative estimate of drug-likeness (QED) is 0.0574. The molecule has 14 nitrogen and oxygen atoms in total. The number of nitrogens with zero attached hydrogens (tertiary/aromatic N) is 1. The fraction of sp³-hybridized carbons (Fsp3) is 0.577. The van der Waals surface area contributed by atoms with E-state index >= 15 is 0 Å². The molecule has 0 heterocycles. The van der Waals surface area contributed by atoms with Crippen LogP contribution in [0.5, 0.6) is 5.75 Å². The van der Waals surface area contributed by atoms with Gasteiger partial charge in [-0.15, -0.1) is 0 Å². The maximum atomic E-state index is 13.3. The summed E-state index contributed by atoms with van der Waals surface area (Å²) in [5.41, 5.74) is 22.8. The van der Waals surface area contributed by atoms with E-state index in [0.717, 1.165) is 0 Å². The summed E-state index contributed by atoms with van der Waals surface area (Å²) in [5, 5.41) is 27.0. The van der Waals surface area contributed by atoms with Gasteiger partial charge in [-0.25, -0.2) is 4.79 Å². The highest BCUT2D eigenvalue weighted by molar-refractivity contribution is 5.94. The first-order chi connectivity index (χ1) is 18.8. The average molecular weight is 565 g/mol. The number of carboxylic acids is 1. The number of carbonyl (C=O) groups excluding carboxylic acids is 3. The molecule has 0 aliphatic rings. The molecule has 0 saturated carbocycles. The summed E-state index contributed by atoms with van der Waals surface area (Å²) in [7, 11) is 0. The molecule has 0 saturated heterocycles. The van der Waals surface area contributed by atoms with Gasteiger partial charge in [0.15, 0.2) is 5.96 Å². The van der Waals surface area contributed by atoms with E-state index in [1.54, 1.807) is 26.0 Å². The van der Waals surface area contributed by atoms with Crippen LogP contribution in [-0.2, 0) is 25.6 Å². The number of guanidine groups is 1. The molecule has 0 aromatic heterocycles. The Hall–Kier alpha value is -3.91. The standard InChI is InChI=1S/C26H44N8O6/c1-15(2)21(28)24(38)33-19(7-5-13-31-26(29)30)22(36)32-18(6-3-4-12-27)23(37)34-20(25(39)40)14-16-8-10-17(35)11-9-16/h8-11,15,18-21,35H,3-7,12-14,27-28H2,1-2H3,(H,32,36)(H,33,38)(H,34,37)(H,39,40)(H4,29,30,31). The zero-order chi connectivity index (χ0) is 30.2. The number of unbranched alkanes of at least 4 members (excludes halogenated alkanes) is 1. The van der Waals surface area contributed by atoms with Gasteiger partial charge in [-0.2, -0.15) is 0 Å². The number of carboxylic acid groups (broad SMARTS) is 1. The second-order valence-electron chi connectivity index (χ2n) is 9.90. The lowest BCUT2D eigenvalue weighted by Gasteiger charge is -2.26. The molecule has 0 radical (unpaired) electrons. The first kappa shape index (κ1) is 34.1. The van der Waals surface area contributed by atoms with Crippen LogP contribution in [0.4, 0.5) is 0 Å². The van der Waals surface area contributed by atoms with Crippen molar-refractivity contribution >= 4 is 29.7 Å². The second-order valence-corrected chi connectivity index (χ2v) is 9.90. The van der Waals surface area contributed by atoms with E-state index in [-0.39, 0.29) is 43.4 Å². The monoisotopic (exact) mass is 564 g/mol. The van der Waals surface area contributed by atoms with Gasteiger partial charge in [0.1, 0.15) is 23.9 Å². The SMILES string of the molecule is CC(C)C(N)C(=O)NC(CCCN=C(N)N)C(=O)NC(CCCCN)C(=O)NC(Cc1ccc(O)cc1)C(=O)O. The Morgan fingerprint density at radius 3 is 1.88 bits per heavy atom. The van der Waals surface area contributed by atoms with Crippen LogP contribution in [0.15, 0.2) is 29.3 Å². The Balaban J connectivity index is 3.07. The zero-order valence-corrected chi connectivity index (χ0v) is 23.1. The highest BCUT2D eigenvalue weighted by atomic mass is 16.4. The number of aromatic hydroxyl groups is 1. The lowest BCUT2D eigenvalue weighted by Crippen LogP contribution is -2.57. The van der Waals surface area contributed by atoms with Gasteiger partial charge in [0.2, 0.25) is 17.7 Å². The van der Waals surface area contributed by atoms with E-state index in [9.17, 15) is 29.4 Å². The van der Waals surface area contributed by atoms with E-state index in [2.05, 4.69) is 20.9 Å². The summed E-state index contributed by atoms with van der Waals surface area (Å²) in [6.07, 6.45) is 1.74. The van der Waals surface area contributed by atoms with Crippen LogP contribution in [0, 0.1) is 5.92 Å². The van der Waals surface area contributed by atoms with Gasteiger partial charge in [0.25, 0.3) is 0 Å². The summed E-state index contributed by atoms with van der Waals surface area (Å²) < 4.78 is 0. The highest BCUT2D eigenvalue weighted by Crippen LogP contribution is 2.12. The number of hydrogen-bond acceptors (Lipinski definition) is 8. The van der Waals surface area contributed by atoms with Crippen molar-refractivity contribution in [1.82, 2.24) is 16.0 Å². The Labute approximate surface area is 234 Å². The predicted octanol–water partition coefficient (Wildman–Crippen LogP) is -1.36. The van der Waals surface area contributed by atoms with Gasteiger partial charge < -0.3 is 49.1 Å². The van der Waals surface area contributed by atoms with Crippen molar-refractivity contribution in [2.75, 3.05) is 13.1 Å². The third-order valence-corrected chi connectivity index (χ3v) is 6.17. The van der Waals surface area contributed by atoms with E-state index in [1.165, 1.54) is 12.1 Å². The number of aliphatic carboxylic acids is 1. The lowest BCUT2D eigenvalue weighted by molar-refractivity contribution is -0.142. The minimum atomic E-state index is -1.29. The fourth-order valence-corrected chi connectivity index (χ4v) is 3.72. The Morgan fingerprint density at radius 2 is 1.38 bits per heavy atom. The maximum Gasteiger partial charge on any atom is 0.326 e. The number of amides is 3. The third-order valence-electron chi connectivity index (χ3n) is 6.17. The second kappa shape index (κ2) is 17.6. The van der Waals surface area contributed by atoms with Gasteiger partial charge >= 0.3 is 5.97 Å². The summed E-state index contributed by atoms with van der Waals surface area (Å²) in [5.74, 6) is -3.38. The van der Waals surface area contributed by atoms with E-state index < -0.39 is 47.9 Å². The Morgan fingerprint density at radius 1 is 0.850 bits per heavy atom. The lowest BCUT2D eigenvalue weighted by atomic mass is 10.0. The van der Waals surface area contributed by atoms with E-state index in [0.29, 0.717) is 31.4 Å². The van der Waals surface area contributed by atoms with Crippen LogP contribution in [0.1, 0.15) is 51.5 Å². The van der Waals surface area contributed by atoms with Crippen molar-refractivity contribution in [2.24, 2.45) is 33.8 Å². The highest BCUT2D eigenvalue weighted by Gasteiger charge is 2.30. The van der Waals surface area contributed by atoms with Crippen LogP contribution in [0.2, 0.25) is 0 Å². The predicted molar refractivity (Wildman–Crippen MR) is 151 cm³/mol. The van der Waals surface area contributed by atoms with Crippen LogP contribution in [0.3, 0.4) is 0 Å². The van der Waals surface area contributed by atoms with Gasteiger partial charge in [-0.1, -0.05) is 26.0 Å². The van der Waals surface area contributed by atoms with Crippen molar-refractivity contribution in [1.29, 1.82) is 0 Å². The van der Waals surface area contributed by atoms with Gasteiger partial charge in [0.05, 0.1) is 6.04 Å². The molecular formula is C26H44N8O6. The number of nitrogens with one attached hydrogen (secondary N) is 3. The smallest absolute Gasteiger partial charge is 0.326 e. The number of phenols is 1. The molecule has 0 bridgehead atoms. The number of aliphatic imine (C=N–C) groups is 1. The topological polar surface area (TPSA) is 261 Å². The molecule has 1 aromatic rings. The molecule has 0 spiro atoms. The molecule has 3 amide bonds. The third kappa shape index (κ3) is 12.8. The van der Waals surface area contributed by atoms with Crippen LogP contribution in [0.25, 0.3) is 0 Å². The van der Waals surface area contributed by atoms with E-state index in [4.69, 9.17) is 22.9 Å². The molecule has 1 rings (SSSR count). The molecule has 224 valence electrons. The molecule has 0 aliphatic carbocycles. The summed E-state index contributed by atoms with van der Waals surface area (Å²) in [6, 6.07) is 1.67. The largest absolute Gasteiger partial charge is 0.508 e. The fourth-order valence-electron chi connectivity index (χ4n) is 3.72. The van der Waals surface area contributed by atoms with Gasteiger partial charge in [0, 0.05) is 13.0 Å². The molecule has 13 N–H and O–H groups in total. The molecular weight excluding hydrogens is 520 g/mol. The van der Waals surface area contributed by atoms with Gasteiger partial charge in [-0.05, 0) is 62.3 Å². The number of benzene rings is 1. The molecule has 4 atom stereocenters. The molecule has 0 fully saturated rings. The van der Waals surface area contributed by atoms with Crippen molar-refractivity contribution in [2.45, 2.75) is 76.5 Å². The number of carbonyl (C=O) groups is 4. The molecule has 1 aromatic carbocycles. The van der Waals surface area contributed by atoms with Crippen molar-refractivity contribution in [3.63, 3.8) is 0 Å². The normalized spacial score (nSPS) is 13.9. The zero-order valence-electron chi connectivity index (χ0n) is 23.1. The van der Waals surface area contributed by atoms with Crippen molar-refractivity contribution in [3.05, 3.63) is 29.8 Å². The molecule has 40 heavy (non-hydrogen) atoms. The average Bonchev–Trinajstić information content (AvgIpc) is 2.89. The summed E-state index contributed by atoms with van der Waals surface area (Å²) >= 11 is 0. The first-order valence-corrected chi connectivity index (χ1v) is 13.3. The molecule has 0 aliphatic heterocycles. The maximum absolute atomic E-state index is 13.3. The van der Waals surface area contributed by atoms with Crippen molar-refractivity contribution < 1.29 is 29.4 Å². The number of rotatable bonds is 18. The van der Waals surface area contributed by atoms with Crippen LogP contribution < -0.4 is 38.9 Å².